The van der Waals surface area contributed by atoms with Gasteiger partial charge in [0, 0.05) is 13.1 Å². The standard InChI is InChI=1S/C15H23N3O3/c1-11(17-14(19)13-4-3-9-21-13)15(20)18-7-5-12(6-8-18)10-16-2/h3-4,9,11-12,16H,5-8,10H2,1-2H3,(H,17,19). The average Bonchev–Trinajstić information content (AvgIpc) is 3.02. The van der Waals surface area contributed by atoms with Crippen LogP contribution < -0.4 is 10.6 Å². The Labute approximate surface area is 124 Å². The third-order valence-electron chi connectivity index (χ3n) is 3.88. The summed E-state index contributed by atoms with van der Waals surface area (Å²) in [5, 5.41) is 5.85. The van der Waals surface area contributed by atoms with Gasteiger partial charge in [-0.05, 0) is 51.4 Å². The maximum absolute atomic E-state index is 12.3. The van der Waals surface area contributed by atoms with Crippen LogP contribution in [0.25, 0.3) is 0 Å². The lowest BCUT2D eigenvalue weighted by molar-refractivity contribution is -0.134. The Morgan fingerprint density at radius 2 is 2.14 bits per heavy atom. The molecule has 2 N–H and O–H groups in total. The molecule has 1 saturated heterocycles. The van der Waals surface area contributed by atoms with Crippen LogP contribution in [-0.2, 0) is 4.79 Å². The van der Waals surface area contributed by atoms with Gasteiger partial charge in [0.25, 0.3) is 5.91 Å². The Morgan fingerprint density at radius 1 is 1.43 bits per heavy atom. The van der Waals surface area contributed by atoms with Crippen molar-refractivity contribution < 1.29 is 14.0 Å². The zero-order chi connectivity index (χ0) is 15.2. The summed E-state index contributed by atoms with van der Waals surface area (Å²) in [6.07, 6.45) is 3.45. The maximum Gasteiger partial charge on any atom is 0.287 e. The minimum atomic E-state index is -0.538. The van der Waals surface area contributed by atoms with Crippen molar-refractivity contribution in [1.29, 1.82) is 0 Å². The Hall–Kier alpha value is -1.82. The molecule has 116 valence electrons. The second-order valence-electron chi connectivity index (χ2n) is 5.50. The first-order valence-corrected chi connectivity index (χ1v) is 7.39. The fourth-order valence-corrected chi connectivity index (χ4v) is 2.66. The van der Waals surface area contributed by atoms with Crippen LogP contribution in [0.2, 0.25) is 0 Å². The van der Waals surface area contributed by atoms with Gasteiger partial charge in [-0.2, -0.15) is 0 Å². The maximum atomic E-state index is 12.3. The first-order chi connectivity index (χ1) is 10.1. The molecule has 0 bridgehead atoms. The van der Waals surface area contributed by atoms with Crippen LogP contribution in [0, 0.1) is 5.92 Å². The van der Waals surface area contributed by atoms with Crippen molar-refractivity contribution in [2.24, 2.45) is 5.92 Å². The molecule has 2 heterocycles. The van der Waals surface area contributed by atoms with Gasteiger partial charge in [0.1, 0.15) is 6.04 Å². The lowest BCUT2D eigenvalue weighted by Crippen LogP contribution is -2.49. The lowest BCUT2D eigenvalue weighted by atomic mass is 9.96. The number of piperidine rings is 1. The topological polar surface area (TPSA) is 74.6 Å². The number of hydrogen-bond donors (Lipinski definition) is 2. The molecule has 1 fully saturated rings. The van der Waals surface area contributed by atoms with Gasteiger partial charge >= 0.3 is 0 Å². The molecule has 0 aliphatic carbocycles. The minimum absolute atomic E-state index is 0.0298. The van der Waals surface area contributed by atoms with Crippen molar-refractivity contribution >= 4 is 11.8 Å². The summed E-state index contributed by atoms with van der Waals surface area (Å²) >= 11 is 0. The van der Waals surface area contributed by atoms with Crippen molar-refractivity contribution in [2.75, 3.05) is 26.7 Å². The molecule has 2 amide bonds. The van der Waals surface area contributed by atoms with Crippen LogP contribution in [0.3, 0.4) is 0 Å². The number of carbonyl (C=O) groups is 2. The van der Waals surface area contributed by atoms with Crippen LogP contribution in [-0.4, -0.2) is 49.4 Å². The molecule has 6 nitrogen and oxygen atoms in total. The van der Waals surface area contributed by atoms with Gasteiger partial charge in [0.2, 0.25) is 5.91 Å². The average molecular weight is 293 g/mol. The van der Waals surface area contributed by atoms with Crippen LogP contribution in [0.15, 0.2) is 22.8 Å². The van der Waals surface area contributed by atoms with Gasteiger partial charge in [-0.15, -0.1) is 0 Å². The Balaban J connectivity index is 1.81. The normalized spacial score (nSPS) is 17.5. The van der Waals surface area contributed by atoms with E-state index in [2.05, 4.69) is 10.6 Å². The summed E-state index contributed by atoms with van der Waals surface area (Å²) in [6.45, 7) is 4.22. The predicted octanol–water partition coefficient (Wildman–Crippen LogP) is 0.856. The van der Waals surface area contributed by atoms with Crippen LogP contribution >= 0.6 is 0 Å². The summed E-state index contributed by atoms with van der Waals surface area (Å²) in [5.74, 6) is 0.471. The molecule has 2 rings (SSSR count). The van der Waals surface area contributed by atoms with Crippen molar-refractivity contribution in [3.8, 4) is 0 Å². The number of carbonyl (C=O) groups excluding carboxylic acids is 2. The lowest BCUT2D eigenvalue weighted by Gasteiger charge is -2.33. The molecular formula is C15H23N3O3. The van der Waals surface area contributed by atoms with E-state index in [1.807, 2.05) is 11.9 Å². The van der Waals surface area contributed by atoms with E-state index in [-0.39, 0.29) is 17.6 Å². The molecule has 21 heavy (non-hydrogen) atoms. The number of nitrogens with one attached hydrogen (secondary N) is 2. The van der Waals surface area contributed by atoms with Gasteiger partial charge in [0.15, 0.2) is 5.76 Å². The molecule has 0 saturated carbocycles. The van der Waals surface area contributed by atoms with E-state index in [1.54, 1.807) is 19.1 Å². The van der Waals surface area contributed by atoms with Crippen molar-refractivity contribution in [2.45, 2.75) is 25.8 Å². The van der Waals surface area contributed by atoms with Crippen LogP contribution in [0.4, 0.5) is 0 Å². The third-order valence-corrected chi connectivity index (χ3v) is 3.88. The highest BCUT2D eigenvalue weighted by molar-refractivity contribution is 5.95. The number of hydrogen-bond acceptors (Lipinski definition) is 4. The molecular weight excluding hydrogens is 270 g/mol. The first kappa shape index (κ1) is 15.6. The quantitative estimate of drug-likeness (QED) is 0.844. The zero-order valence-corrected chi connectivity index (χ0v) is 12.6. The molecule has 6 heteroatoms. The monoisotopic (exact) mass is 293 g/mol. The number of likely N-dealkylation sites (tertiary alicyclic amines) is 1. The highest BCUT2D eigenvalue weighted by atomic mass is 16.3. The summed E-state index contributed by atoms with van der Waals surface area (Å²) in [6, 6.07) is 2.69. The van der Waals surface area contributed by atoms with Crippen LogP contribution in [0.1, 0.15) is 30.3 Å². The number of rotatable bonds is 5. The molecule has 1 unspecified atom stereocenters. The smallest absolute Gasteiger partial charge is 0.287 e. The van der Waals surface area contributed by atoms with E-state index >= 15 is 0 Å². The number of amides is 2. The summed E-state index contributed by atoms with van der Waals surface area (Å²) in [4.78, 5) is 26.0. The highest BCUT2D eigenvalue weighted by Gasteiger charge is 2.27. The molecule has 0 aromatic carbocycles. The summed E-state index contributed by atoms with van der Waals surface area (Å²) in [5.41, 5.74) is 0. The first-order valence-electron chi connectivity index (χ1n) is 7.39. The molecule has 1 aliphatic rings. The van der Waals surface area contributed by atoms with E-state index in [0.29, 0.717) is 5.92 Å². The molecule has 1 atom stereocenters. The van der Waals surface area contributed by atoms with E-state index in [0.717, 1.165) is 32.5 Å². The molecule has 0 spiro atoms. The predicted molar refractivity (Wildman–Crippen MR) is 78.9 cm³/mol. The highest BCUT2D eigenvalue weighted by Crippen LogP contribution is 2.17. The Bertz CT molecular complexity index is 465. The summed E-state index contributed by atoms with van der Waals surface area (Å²) in [7, 11) is 1.95. The van der Waals surface area contributed by atoms with Crippen LogP contribution in [0.5, 0.6) is 0 Å². The van der Waals surface area contributed by atoms with Gasteiger partial charge in [-0.1, -0.05) is 0 Å². The van der Waals surface area contributed by atoms with Gasteiger partial charge < -0.3 is 20.0 Å². The summed E-state index contributed by atoms with van der Waals surface area (Å²) < 4.78 is 5.02. The number of nitrogens with zero attached hydrogens (tertiary/aromatic N) is 1. The van der Waals surface area contributed by atoms with E-state index in [4.69, 9.17) is 4.42 Å². The van der Waals surface area contributed by atoms with Crippen molar-refractivity contribution in [3.05, 3.63) is 24.2 Å². The fraction of sp³-hybridized carbons (Fsp3) is 0.600. The molecule has 1 aromatic rings. The van der Waals surface area contributed by atoms with Gasteiger partial charge in [0.05, 0.1) is 6.26 Å². The molecule has 1 aromatic heterocycles. The Kier molecular flexibility index (Phi) is 5.38. The van der Waals surface area contributed by atoms with E-state index in [9.17, 15) is 9.59 Å². The zero-order valence-electron chi connectivity index (χ0n) is 12.6. The SMILES string of the molecule is CNCC1CCN(C(=O)C(C)NC(=O)c2ccco2)CC1. The molecule has 0 radical (unpaired) electrons. The van der Waals surface area contributed by atoms with Gasteiger partial charge in [-0.3, -0.25) is 9.59 Å². The van der Waals surface area contributed by atoms with Crippen molar-refractivity contribution in [3.63, 3.8) is 0 Å². The molecule has 1 aliphatic heterocycles. The van der Waals surface area contributed by atoms with E-state index < -0.39 is 6.04 Å². The van der Waals surface area contributed by atoms with Gasteiger partial charge in [-0.25, -0.2) is 0 Å². The Morgan fingerprint density at radius 3 is 2.71 bits per heavy atom. The second-order valence-corrected chi connectivity index (χ2v) is 5.50. The number of furan rings is 1. The van der Waals surface area contributed by atoms with Crippen molar-refractivity contribution in [1.82, 2.24) is 15.5 Å². The largest absolute Gasteiger partial charge is 0.459 e. The third kappa shape index (κ3) is 4.07. The fourth-order valence-electron chi connectivity index (χ4n) is 2.66. The van der Waals surface area contributed by atoms with E-state index in [1.165, 1.54) is 6.26 Å². The second kappa shape index (κ2) is 7.26. The minimum Gasteiger partial charge on any atom is -0.459 e.